The molecule has 0 saturated heterocycles. The molecule has 0 unspecified atom stereocenters. The Morgan fingerprint density at radius 3 is 2.74 bits per heavy atom. The van der Waals surface area contributed by atoms with Gasteiger partial charge < -0.3 is 9.88 Å². The molecule has 0 bridgehead atoms. The number of aryl methyl sites for hydroxylation is 1. The highest BCUT2D eigenvalue weighted by Gasteiger charge is 2.34. The monoisotopic (exact) mass is 311 g/mol. The Morgan fingerprint density at radius 2 is 2.00 bits per heavy atom. The third-order valence-electron chi connectivity index (χ3n) is 4.62. The van der Waals surface area contributed by atoms with Gasteiger partial charge in [0.15, 0.2) is 0 Å². The van der Waals surface area contributed by atoms with E-state index in [0.29, 0.717) is 12.6 Å². The van der Waals surface area contributed by atoms with Gasteiger partial charge in [-0.25, -0.2) is 0 Å². The number of aromatic nitrogens is 3. The molecule has 4 rings (SSSR count). The summed E-state index contributed by atoms with van der Waals surface area (Å²) in [6.45, 7) is 4.27. The number of nitrogens with one attached hydrogen (secondary N) is 1. The average molecular weight is 311 g/mol. The SMILES string of the molecule is Cc1nnc2n1CCN([C@@H](C(=O)NC1CC1)c1ccccc1)C2. The Balaban J connectivity index is 1.61. The fraction of sp³-hybridized carbons (Fsp3) is 0.471. The molecule has 1 amide bonds. The summed E-state index contributed by atoms with van der Waals surface area (Å²) in [6.07, 6.45) is 2.20. The third kappa shape index (κ3) is 2.86. The van der Waals surface area contributed by atoms with E-state index in [-0.39, 0.29) is 11.9 Å². The smallest absolute Gasteiger partial charge is 0.242 e. The van der Waals surface area contributed by atoms with Crippen LogP contribution in [0, 0.1) is 6.92 Å². The molecule has 0 spiro atoms. The number of hydrogen-bond acceptors (Lipinski definition) is 4. The van der Waals surface area contributed by atoms with Crippen molar-refractivity contribution in [1.82, 2.24) is 25.0 Å². The maximum absolute atomic E-state index is 12.8. The van der Waals surface area contributed by atoms with E-state index >= 15 is 0 Å². The van der Waals surface area contributed by atoms with Gasteiger partial charge in [-0.3, -0.25) is 9.69 Å². The van der Waals surface area contributed by atoms with E-state index in [1.165, 1.54) is 0 Å². The van der Waals surface area contributed by atoms with Crippen LogP contribution in [-0.2, 0) is 17.9 Å². The molecule has 1 aliphatic carbocycles. The van der Waals surface area contributed by atoms with Crippen molar-refractivity contribution in [1.29, 1.82) is 0 Å². The quantitative estimate of drug-likeness (QED) is 0.927. The van der Waals surface area contributed by atoms with Crippen LogP contribution in [0.2, 0.25) is 0 Å². The summed E-state index contributed by atoms with van der Waals surface area (Å²) in [5.74, 6) is 1.98. The van der Waals surface area contributed by atoms with E-state index < -0.39 is 0 Å². The first-order valence-corrected chi connectivity index (χ1v) is 8.20. The van der Waals surface area contributed by atoms with Gasteiger partial charge in [0.25, 0.3) is 0 Å². The van der Waals surface area contributed by atoms with Crippen molar-refractivity contribution in [3.63, 3.8) is 0 Å². The Morgan fingerprint density at radius 1 is 1.22 bits per heavy atom. The zero-order chi connectivity index (χ0) is 15.8. The van der Waals surface area contributed by atoms with Crippen molar-refractivity contribution in [3.8, 4) is 0 Å². The van der Waals surface area contributed by atoms with Crippen molar-refractivity contribution in [3.05, 3.63) is 47.5 Å². The number of carbonyl (C=O) groups excluding carboxylic acids is 1. The van der Waals surface area contributed by atoms with Gasteiger partial charge in [0, 0.05) is 19.1 Å². The minimum atomic E-state index is -0.262. The number of nitrogens with zero attached hydrogens (tertiary/aromatic N) is 4. The molecule has 23 heavy (non-hydrogen) atoms. The van der Waals surface area contributed by atoms with Crippen LogP contribution in [0.4, 0.5) is 0 Å². The van der Waals surface area contributed by atoms with Crippen LogP contribution >= 0.6 is 0 Å². The summed E-state index contributed by atoms with van der Waals surface area (Å²) >= 11 is 0. The van der Waals surface area contributed by atoms with Crippen molar-refractivity contribution in [2.75, 3.05) is 6.54 Å². The lowest BCUT2D eigenvalue weighted by molar-refractivity contribution is -0.127. The highest BCUT2D eigenvalue weighted by molar-refractivity contribution is 5.83. The molecular formula is C17H21N5O. The molecule has 1 saturated carbocycles. The van der Waals surface area contributed by atoms with Gasteiger partial charge in [-0.15, -0.1) is 10.2 Å². The van der Waals surface area contributed by atoms with E-state index in [4.69, 9.17) is 0 Å². The Hall–Kier alpha value is -2.21. The number of amides is 1. The second-order valence-corrected chi connectivity index (χ2v) is 6.38. The first kappa shape index (κ1) is 14.4. The summed E-state index contributed by atoms with van der Waals surface area (Å²) in [5.41, 5.74) is 1.04. The van der Waals surface area contributed by atoms with E-state index in [1.807, 2.05) is 37.3 Å². The predicted molar refractivity (Wildman–Crippen MR) is 85.5 cm³/mol. The molecule has 1 fully saturated rings. The van der Waals surface area contributed by atoms with Crippen molar-refractivity contribution in [2.24, 2.45) is 0 Å². The maximum Gasteiger partial charge on any atom is 0.242 e. The minimum Gasteiger partial charge on any atom is -0.352 e. The normalized spacial score (nSPS) is 19.2. The van der Waals surface area contributed by atoms with E-state index in [2.05, 4.69) is 25.0 Å². The highest BCUT2D eigenvalue weighted by Crippen LogP contribution is 2.27. The molecule has 1 aliphatic heterocycles. The molecule has 1 N–H and O–H groups in total. The fourth-order valence-corrected chi connectivity index (χ4v) is 3.21. The average Bonchev–Trinajstić information content (AvgIpc) is 3.30. The third-order valence-corrected chi connectivity index (χ3v) is 4.62. The number of benzene rings is 1. The van der Waals surface area contributed by atoms with Crippen molar-refractivity contribution >= 4 is 5.91 Å². The second-order valence-electron chi connectivity index (χ2n) is 6.38. The van der Waals surface area contributed by atoms with Crippen LogP contribution in [0.1, 0.15) is 36.1 Å². The summed E-state index contributed by atoms with van der Waals surface area (Å²) in [5, 5.41) is 11.6. The first-order valence-electron chi connectivity index (χ1n) is 8.20. The molecule has 2 aliphatic rings. The van der Waals surface area contributed by atoms with Gasteiger partial charge in [0.2, 0.25) is 5.91 Å². The number of carbonyl (C=O) groups is 1. The molecule has 6 nitrogen and oxygen atoms in total. The molecular weight excluding hydrogens is 290 g/mol. The van der Waals surface area contributed by atoms with Crippen LogP contribution in [0.15, 0.2) is 30.3 Å². The summed E-state index contributed by atoms with van der Waals surface area (Å²) < 4.78 is 2.14. The van der Waals surface area contributed by atoms with Gasteiger partial charge in [-0.2, -0.15) is 0 Å². The largest absolute Gasteiger partial charge is 0.352 e. The molecule has 6 heteroatoms. The van der Waals surface area contributed by atoms with E-state index in [9.17, 15) is 4.79 Å². The molecule has 2 heterocycles. The fourth-order valence-electron chi connectivity index (χ4n) is 3.21. The summed E-state index contributed by atoms with van der Waals surface area (Å²) in [4.78, 5) is 15.0. The van der Waals surface area contributed by atoms with Crippen LogP contribution in [0.5, 0.6) is 0 Å². The molecule has 0 radical (unpaired) electrons. The zero-order valence-electron chi connectivity index (χ0n) is 13.3. The molecule has 1 atom stereocenters. The van der Waals surface area contributed by atoms with E-state index in [0.717, 1.165) is 43.1 Å². The molecule has 2 aromatic rings. The summed E-state index contributed by atoms with van der Waals surface area (Å²) in [6, 6.07) is 10.1. The van der Waals surface area contributed by atoms with Crippen LogP contribution in [0.25, 0.3) is 0 Å². The Labute approximate surface area is 135 Å². The Bertz CT molecular complexity index is 707. The highest BCUT2D eigenvalue weighted by atomic mass is 16.2. The van der Waals surface area contributed by atoms with Crippen LogP contribution < -0.4 is 5.32 Å². The van der Waals surface area contributed by atoms with Crippen molar-refractivity contribution in [2.45, 2.75) is 44.9 Å². The maximum atomic E-state index is 12.8. The lowest BCUT2D eigenvalue weighted by atomic mass is 10.0. The van der Waals surface area contributed by atoms with Crippen molar-refractivity contribution < 1.29 is 4.79 Å². The molecule has 120 valence electrons. The lowest BCUT2D eigenvalue weighted by Crippen LogP contribution is -2.44. The van der Waals surface area contributed by atoms with Crippen LogP contribution in [0.3, 0.4) is 0 Å². The van der Waals surface area contributed by atoms with E-state index in [1.54, 1.807) is 0 Å². The number of rotatable bonds is 4. The zero-order valence-corrected chi connectivity index (χ0v) is 13.3. The molecule has 1 aromatic heterocycles. The topological polar surface area (TPSA) is 63.1 Å². The van der Waals surface area contributed by atoms with Gasteiger partial charge in [-0.05, 0) is 25.3 Å². The molecule has 1 aromatic carbocycles. The number of hydrogen-bond donors (Lipinski definition) is 1. The lowest BCUT2D eigenvalue weighted by Gasteiger charge is -2.34. The standard InChI is InChI=1S/C17H21N5O/c1-12-19-20-15-11-21(9-10-22(12)15)16(13-5-3-2-4-6-13)17(23)18-14-7-8-14/h2-6,14,16H,7-11H2,1H3,(H,18,23)/t16-/m1/s1. The second kappa shape index (κ2) is 5.77. The van der Waals surface area contributed by atoms with Crippen LogP contribution in [-0.4, -0.2) is 38.2 Å². The minimum absolute atomic E-state index is 0.100. The first-order chi connectivity index (χ1) is 11.2. The Kier molecular flexibility index (Phi) is 3.61. The van der Waals surface area contributed by atoms with Gasteiger partial charge in [0.1, 0.15) is 17.7 Å². The summed E-state index contributed by atoms with van der Waals surface area (Å²) in [7, 11) is 0. The van der Waals surface area contributed by atoms with Gasteiger partial charge in [-0.1, -0.05) is 30.3 Å². The van der Waals surface area contributed by atoms with Gasteiger partial charge in [0.05, 0.1) is 6.54 Å². The van der Waals surface area contributed by atoms with Gasteiger partial charge >= 0.3 is 0 Å². The number of fused-ring (bicyclic) bond motifs is 1. The predicted octanol–water partition coefficient (Wildman–Crippen LogP) is 1.42.